The van der Waals surface area contributed by atoms with Gasteiger partial charge in [0.05, 0.1) is 10.4 Å². The first-order valence-electron chi connectivity index (χ1n) is 11.3. The minimum absolute atomic E-state index is 0.332. The number of rotatable bonds is 5. The molecule has 35 heavy (non-hydrogen) atoms. The van der Waals surface area contributed by atoms with Crippen LogP contribution in [0, 0.1) is 5.92 Å². The third-order valence-electron chi connectivity index (χ3n) is 6.18. The van der Waals surface area contributed by atoms with Gasteiger partial charge in [0, 0.05) is 44.6 Å². The molecule has 0 aliphatic carbocycles. The van der Waals surface area contributed by atoms with Gasteiger partial charge in [0.15, 0.2) is 17.2 Å². The molecule has 11 heteroatoms. The Bertz CT molecular complexity index is 1350. The van der Waals surface area contributed by atoms with Crippen molar-refractivity contribution in [3.8, 4) is 11.4 Å². The van der Waals surface area contributed by atoms with E-state index in [1.165, 1.54) is 4.57 Å². The SMILES string of the molecule is Cn1cc(C(F)(F)F)nc1N1CCC(CNc2nc(-c3ccccc3Cl)nc3ncccc23)CC1. The smallest absolute Gasteiger partial charge is 0.369 e. The summed E-state index contributed by atoms with van der Waals surface area (Å²) < 4.78 is 40.5. The van der Waals surface area contributed by atoms with E-state index in [0.29, 0.717) is 53.8 Å². The summed E-state index contributed by atoms with van der Waals surface area (Å²) >= 11 is 6.37. The molecule has 4 aromatic rings. The first kappa shape index (κ1) is 23.3. The summed E-state index contributed by atoms with van der Waals surface area (Å²) in [4.78, 5) is 19.4. The predicted molar refractivity (Wildman–Crippen MR) is 129 cm³/mol. The van der Waals surface area contributed by atoms with Crippen LogP contribution in [0.2, 0.25) is 5.02 Å². The molecule has 1 aliphatic rings. The predicted octanol–water partition coefficient (Wildman–Crippen LogP) is 5.43. The van der Waals surface area contributed by atoms with E-state index in [2.05, 4.69) is 20.3 Å². The molecular weight excluding hydrogens is 479 g/mol. The molecule has 4 heterocycles. The van der Waals surface area contributed by atoms with Crippen molar-refractivity contribution in [2.24, 2.45) is 13.0 Å². The lowest BCUT2D eigenvalue weighted by atomic mass is 9.97. The van der Waals surface area contributed by atoms with E-state index in [-0.39, 0.29) is 0 Å². The van der Waals surface area contributed by atoms with E-state index in [1.807, 2.05) is 35.2 Å². The van der Waals surface area contributed by atoms with Crippen molar-refractivity contribution in [2.75, 3.05) is 29.9 Å². The molecule has 0 amide bonds. The number of piperidine rings is 1. The first-order valence-corrected chi connectivity index (χ1v) is 11.6. The Labute approximate surface area is 205 Å². The van der Waals surface area contributed by atoms with Crippen LogP contribution in [0.1, 0.15) is 18.5 Å². The topological polar surface area (TPSA) is 71.8 Å². The number of hydrogen-bond donors (Lipinski definition) is 1. The Hall–Kier alpha value is -3.40. The molecule has 0 bridgehead atoms. The van der Waals surface area contributed by atoms with Gasteiger partial charge in [-0.25, -0.2) is 19.9 Å². The molecule has 182 valence electrons. The quantitative estimate of drug-likeness (QED) is 0.393. The molecule has 0 atom stereocenters. The van der Waals surface area contributed by atoms with Crippen molar-refractivity contribution in [1.29, 1.82) is 0 Å². The number of aromatic nitrogens is 5. The third-order valence-corrected chi connectivity index (χ3v) is 6.51. The van der Waals surface area contributed by atoms with Gasteiger partial charge in [-0.3, -0.25) is 0 Å². The normalized spacial score (nSPS) is 15.1. The van der Waals surface area contributed by atoms with Gasteiger partial charge in [0.2, 0.25) is 5.95 Å². The maximum atomic E-state index is 13.0. The van der Waals surface area contributed by atoms with E-state index in [9.17, 15) is 13.2 Å². The van der Waals surface area contributed by atoms with E-state index in [0.717, 1.165) is 30.0 Å². The number of imidazole rings is 1. The third kappa shape index (κ3) is 4.88. The van der Waals surface area contributed by atoms with E-state index in [1.54, 1.807) is 19.3 Å². The first-order chi connectivity index (χ1) is 16.8. The van der Waals surface area contributed by atoms with E-state index < -0.39 is 11.9 Å². The highest BCUT2D eigenvalue weighted by atomic mass is 35.5. The van der Waals surface area contributed by atoms with Gasteiger partial charge in [0.1, 0.15) is 5.82 Å². The number of halogens is 4. The van der Waals surface area contributed by atoms with Gasteiger partial charge in [-0.05, 0) is 43.0 Å². The Morgan fingerprint density at radius 2 is 1.83 bits per heavy atom. The second-order valence-electron chi connectivity index (χ2n) is 8.60. The molecule has 0 spiro atoms. The van der Waals surface area contributed by atoms with Crippen LogP contribution in [0.25, 0.3) is 22.4 Å². The van der Waals surface area contributed by atoms with E-state index >= 15 is 0 Å². The van der Waals surface area contributed by atoms with Gasteiger partial charge in [0.25, 0.3) is 0 Å². The number of benzene rings is 1. The summed E-state index contributed by atoms with van der Waals surface area (Å²) in [5.41, 5.74) is 0.439. The van der Waals surface area contributed by atoms with Gasteiger partial charge >= 0.3 is 6.18 Å². The van der Waals surface area contributed by atoms with Crippen molar-refractivity contribution < 1.29 is 13.2 Å². The number of anilines is 2. The van der Waals surface area contributed by atoms with Crippen LogP contribution in [0.4, 0.5) is 24.9 Å². The summed E-state index contributed by atoms with van der Waals surface area (Å²) in [6, 6.07) is 11.2. The fourth-order valence-electron chi connectivity index (χ4n) is 4.33. The number of fused-ring (bicyclic) bond motifs is 1. The summed E-state index contributed by atoms with van der Waals surface area (Å²) in [6.45, 7) is 1.93. The van der Waals surface area contributed by atoms with Crippen molar-refractivity contribution in [1.82, 2.24) is 24.5 Å². The van der Waals surface area contributed by atoms with Crippen molar-refractivity contribution in [3.05, 3.63) is 59.5 Å². The van der Waals surface area contributed by atoms with Crippen molar-refractivity contribution in [3.63, 3.8) is 0 Å². The monoisotopic (exact) mass is 501 g/mol. The molecule has 0 saturated carbocycles. The lowest BCUT2D eigenvalue weighted by molar-refractivity contribution is -0.140. The Balaban J connectivity index is 1.29. The fourth-order valence-corrected chi connectivity index (χ4v) is 4.55. The summed E-state index contributed by atoms with van der Waals surface area (Å²) in [5.74, 6) is 1.86. The number of pyridine rings is 1. The van der Waals surface area contributed by atoms with Crippen LogP contribution in [0.15, 0.2) is 48.8 Å². The second kappa shape index (κ2) is 9.33. The molecule has 5 rings (SSSR count). The van der Waals surface area contributed by atoms with Crippen LogP contribution in [0.3, 0.4) is 0 Å². The highest BCUT2D eigenvalue weighted by molar-refractivity contribution is 6.33. The molecule has 0 unspecified atom stereocenters. The average Bonchev–Trinajstić information content (AvgIpc) is 3.25. The zero-order valence-corrected chi connectivity index (χ0v) is 19.7. The molecule has 0 radical (unpaired) electrons. The molecule has 1 fully saturated rings. The minimum atomic E-state index is -4.45. The number of nitrogens with zero attached hydrogens (tertiary/aromatic N) is 6. The molecular formula is C24H23ClF3N7. The van der Waals surface area contributed by atoms with Gasteiger partial charge < -0.3 is 14.8 Å². The van der Waals surface area contributed by atoms with Gasteiger partial charge in [-0.1, -0.05) is 23.7 Å². The molecule has 1 aromatic carbocycles. The average molecular weight is 502 g/mol. The number of hydrogen-bond acceptors (Lipinski definition) is 6. The molecule has 1 saturated heterocycles. The number of alkyl halides is 3. The number of nitrogens with one attached hydrogen (secondary N) is 1. The lowest BCUT2D eigenvalue weighted by Gasteiger charge is -2.32. The molecule has 3 aromatic heterocycles. The fraction of sp³-hybridized carbons (Fsp3) is 0.333. The summed E-state index contributed by atoms with van der Waals surface area (Å²) in [5, 5.41) is 4.83. The zero-order valence-electron chi connectivity index (χ0n) is 18.9. The van der Waals surface area contributed by atoms with Crippen molar-refractivity contribution in [2.45, 2.75) is 19.0 Å². The largest absolute Gasteiger partial charge is 0.434 e. The Morgan fingerprint density at radius 1 is 1.06 bits per heavy atom. The summed E-state index contributed by atoms with van der Waals surface area (Å²) in [6.07, 6.45) is -0.0865. The van der Waals surface area contributed by atoms with Crippen LogP contribution >= 0.6 is 11.6 Å². The Morgan fingerprint density at radius 3 is 2.54 bits per heavy atom. The standard InChI is InChI=1S/C24H23ClF3N7/c1-34-14-19(24(26,27)28)31-23(34)35-11-8-15(9-12-35)13-30-21-17-6-4-10-29-20(17)32-22(33-21)16-5-2-3-7-18(16)25/h2-7,10,14-15H,8-9,11-13H2,1H3,(H,29,30,32,33). The zero-order chi connectivity index (χ0) is 24.6. The van der Waals surface area contributed by atoms with Gasteiger partial charge in [-0.15, -0.1) is 0 Å². The highest BCUT2D eigenvalue weighted by Gasteiger charge is 2.35. The van der Waals surface area contributed by atoms with Gasteiger partial charge in [-0.2, -0.15) is 13.2 Å². The maximum Gasteiger partial charge on any atom is 0.434 e. The molecule has 7 nitrogen and oxygen atoms in total. The van der Waals surface area contributed by atoms with E-state index in [4.69, 9.17) is 16.6 Å². The van der Waals surface area contributed by atoms with Crippen molar-refractivity contribution >= 4 is 34.4 Å². The minimum Gasteiger partial charge on any atom is -0.369 e. The molecule has 1 N–H and O–H groups in total. The van der Waals surface area contributed by atoms with Crippen LogP contribution in [-0.4, -0.2) is 44.1 Å². The Kier molecular flexibility index (Phi) is 6.22. The summed E-state index contributed by atoms with van der Waals surface area (Å²) in [7, 11) is 1.59. The van der Waals surface area contributed by atoms with Crippen LogP contribution < -0.4 is 10.2 Å². The number of aryl methyl sites for hydroxylation is 1. The maximum absolute atomic E-state index is 13.0. The highest BCUT2D eigenvalue weighted by Crippen LogP contribution is 2.32. The second-order valence-corrected chi connectivity index (χ2v) is 9.00. The molecule has 1 aliphatic heterocycles. The van der Waals surface area contributed by atoms with Crippen LogP contribution in [-0.2, 0) is 13.2 Å². The lowest BCUT2D eigenvalue weighted by Crippen LogP contribution is -2.37. The van der Waals surface area contributed by atoms with Crippen LogP contribution in [0.5, 0.6) is 0 Å².